The molecule has 5 rings (SSSR count). The largest absolute Gasteiger partial charge is 0.338 e. The highest BCUT2D eigenvalue weighted by Crippen LogP contribution is 2.47. The van der Waals surface area contributed by atoms with Gasteiger partial charge in [0.15, 0.2) is 0 Å². The van der Waals surface area contributed by atoms with Gasteiger partial charge < -0.3 is 9.80 Å². The van der Waals surface area contributed by atoms with Crippen molar-refractivity contribution in [3.63, 3.8) is 0 Å². The van der Waals surface area contributed by atoms with Crippen LogP contribution in [0.15, 0.2) is 76.8 Å². The highest BCUT2D eigenvalue weighted by atomic mass is 32.2. The number of para-hydroxylation sites is 2. The van der Waals surface area contributed by atoms with Crippen LogP contribution in [-0.4, -0.2) is 54.1 Å². The summed E-state index contributed by atoms with van der Waals surface area (Å²) in [6.45, 7) is 6.10. The first-order valence-electron chi connectivity index (χ1n) is 9.76. The number of hydrogen-bond acceptors (Lipinski definition) is 6. The maximum absolute atomic E-state index is 4.38. The molecule has 0 atom stereocenters. The van der Waals surface area contributed by atoms with E-state index in [1.54, 1.807) is 0 Å². The Labute approximate surface area is 170 Å². The number of benzene rings is 2. The van der Waals surface area contributed by atoms with E-state index in [-0.39, 0.29) is 0 Å². The van der Waals surface area contributed by atoms with Gasteiger partial charge in [-0.1, -0.05) is 36.0 Å². The molecule has 28 heavy (non-hydrogen) atoms. The average molecular weight is 390 g/mol. The van der Waals surface area contributed by atoms with E-state index >= 15 is 0 Å². The van der Waals surface area contributed by atoms with Gasteiger partial charge in [0, 0.05) is 61.5 Å². The van der Waals surface area contributed by atoms with Gasteiger partial charge >= 0.3 is 0 Å². The third-order valence-electron chi connectivity index (χ3n) is 5.38. The van der Waals surface area contributed by atoms with E-state index < -0.39 is 0 Å². The van der Waals surface area contributed by atoms with Crippen LogP contribution in [0.25, 0.3) is 0 Å². The third-order valence-corrected chi connectivity index (χ3v) is 6.51. The van der Waals surface area contributed by atoms with Gasteiger partial charge in [-0.05, 0) is 30.3 Å². The Morgan fingerprint density at radius 1 is 0.714 bits per heavy atom. The Bertz CT molecular complexity index is 895. The van der Waals surface area contributed by atoms with Gasteiger partial charge in [-0.25, -0.2) is 9.97 Å². The molecule has 3 heterocycles. The summed E-state index contributed by atoms with van der Waals surface area (Å²) in [5.74, 6) is 0.845. The van der Waals surface area contributed by atoms with E-state index in [0.717, 1.165) is 45.2 Å². The molecule has 2 aliphatic rings. The van der Waals surface area contributed by atoms with Crippen LogP contribution in [0.4, 0.5) is 17.3 Å². The third kappa shape index (κ3) is 3.45. The van der Waals surface area contributed by atoms with Crippen molar-refractivity contribution in [3.8, 4) is 0 Å². The van der Waals surface area contributed by atoms with Crippen LogP contribution in [-0.2, 0) is 0 Å². The molecule has 5 nitrogen and oxygen atoms in total. The molecule has 2 aromatic carbocycles. The van der Waals surface area contributed by atoms with Gasteiger partial charge in [0.25, 0.3) is 0 Å². The summed E-state index contributed by atoms with van der Waals surface area (Å²) >= 11 is 1.87. The Morgan fingerprint density at radius 2 is 1.32 bits per heavy atom. The lowest BCUT2D eigenvalue weighted by molar-refractivity contribution is 0.263. The lowest BCUT2D eigenvalue weighted by Crippen LogP contribution is -2.48. The minimum absolute atomic E-state index is 0.845. The van der Waals surface area contributed by atoms with Gasteiger partial charge in [-0.15, -0.1) is 0 Å². The molecule has 0 N–H and O–H groups in total. The van der Waals surface area contributed by atoms with Crippen LogP contribution in [0.5, 0.6) is 0 Å². The van der Waals surface area contributed by atoms with E-state index in [4.69, 9.17) is 0 Å². The summed E-state index contributed by atoms with van der Waals surface area (Å²) in [5.41, 5.74) is 2.64. The van der Waals surface area contributed by atoms with Gasteiger partial charge in [0.05, 0.1) is 11.4 Å². The van der Waals surface area contributed by atoms with E-state index in [2.05, 4.69) is 73.2 Å². The van der Waals surface area contributed by atoms with Crippen molar-refractivity contribution < 1.29 is 0 Å². The van der Waals surface area contributed by atoms with Crippen molar-refractivity contribution in [3.05, 3.63) is 67.0 Å². The average Bonchev–Trinajstić information content (AvgIpc) is 2.77. The van der Waals surface area contributed by atoms with Gasteiger partial charge in [0.2, 0.25) is 5.95 Å². The molecule has 2 aliphatic heterocycles. The van der Waals surface area contributed by atoms with Crippen LogP contribution in [0, 0.1) is 0 Å². The van der Waals surface area contributed by atoms with Crippen LogP contribution in [0.1, 0.15) is 0 Å². The summed E-state index contributed by atoms with van der Waals surface area (Å²) in [7, 11) is 0. The summed E-state index contributed by atoms with van der Waals surface area (Å²) in [5, 5.41) is 0. The molecule has 0 amide bonds. The fourth-order valence-electron chi connectivity index (χ4n) is 3.89. The van der Waals surface area contributed by atoms with Crippen molar-refractivity contribution in [2.24, 2.45) is 0 Å². The number of aromatic nitrogens is 2. The zero-order valence-electron chi connectivity index (χ0n) is 15.7. The van der Waals surface area contributed by atoms with Gasteiger partial charge in [-0.2, -0.15) is 0 Å². The lowest BCUT2D eigenvalue weighted by Gasteiger charge is -2.37. The molecule has 0 radical (unpaired) electrons. The predicted octanol–water partition coefficient (Wildman–Crippen LogP) is 3.90. The fourth-order valence-corrected chi connectivity index (χ4v) is 4.99. The maximum Gasteiger partial charge on any atom is 0.225 e. The van der Waals surface area contributed by atoms with Crippen LogP contribution in [0.2, 0.25) is 0 Å². The topological polar surface area (TPSA) is 35.5 Å². The molecule has 0 aliphatic carbocycles. The maximum atomic E-state index is 4.38. The van der Waals surface area contributed by atoms with E-state index in [9.17, 15) is 0 Å². The second-order valence-electron chi connectivity index (χ2n) is 7.07. The molecule has 1 fully saturated rings. The zero-order chi connectivity index (χ0) is 18.8. The highest BCUT2D eigenvalue weighted by molar-refractivity contribution is 7.99. The summed E-state index contributed by atoms with van der Waals surface area (Å²) < 4.78 is 0. The van der Waals surface area contributed by atoms with Crippen LogP contribution >= 0.6 is 11.8 Å². The first-order chi connectivity index (χ1) is 13.9. The molecular weight excluding hydrogens is 366 g/mol. The summed E-state index contributed by atoms with van der Waals surface area (Å²) in [4.78, 5) is 18.7. The highest BCUT2D eigenvalue weighted by Gasteiger charge is 2.24. The molecule has 0 saturated carbocycles. The molecule has 3 aromatic rings. The summed E-state index contributed by atoms with van der Waals surface area (Å²) in [6, 6.07) is 19.3. The van der Waals surface area contributed by atoms with Gasteiger partial charge in [0.1, 0.15) is 0 Å². The smallest absolute Gasteiger partial charge is 0.225 e. The van der Waals surface area contributed by atoms with E-state index in [1.165, 1.54) is 21.2 Å². The number of nitrogens with zero attached hydrogens (tertiary/aromatic N) is 5. The molecule has 6 heteroatoms. The SMILES string of the molecule is c1cnc(N2CCN(CCN3c4ccccc4Sc4ccccc43)CC2)nc1. The van der Waals surface area contributed by atoms with Crippen molar-refractivity contribution in [1.82, 2.24) is 14.9 Å². The Balaban J connectivity index is 1.26. The first-order valence-corrected chi connectivity index (χ1v) is 10.6. The minimum atomic E-state index is 0.845. The van der Waals surface area contributed by atoms with Crippen molar-refractivity contribution in [1.29, 1.82) is 0 Å². The number of anilines is 3. The van der Waals surface area contributed by atoms with E-state index in [0.29, 0.717) is 0 Å². The summed E-state index contributed by atoms with van der Waals surface area (Å²) in [6.07, 6.45) is 3.63. The number of hydrogen-bond donors (Lipinski definition) is 0. The second-order valence-corrected chi connectivity index (χ2v) is 8.15. The number of fused-ring (bicyclic) bond motifs is 2. The molecule has 1 aromatic heterocycles. The fraction of sp³-hybridized carbons (Fsp3) is 0.273. The number of piperazine rings is 1. The molecule has 142 valence electrons. The standard InChI is InChI=1S/C22H23N5S/c1-3-8-20-18(6-1)27(19-7-2-4-9-21(19)28-20)17-14-25-12-15-26(16-13-25)22-23-10-5-11-24-22/h1-11H,12-17H2. The normalized spacial score (nSPS) is 16.6. The van der Waals surface area contributed by atoms with Crippen molar-refractivity contribution >= 4 is 29.1 Å². The first kappa shape index (κ1) is 17.5. The molecule has 0 spiro atoms. The second kappa shape index (κ2) is 7.81. The zero-order valence-corrected chi connectivity index (χ0v) is 16.6. The van der Waals surface area contributed by atoms with Crippen LogP contribution < -0.4 is 9.80 Å². The number of rotatable bonds is 4. The predicted molar refractivity (Wildman–Crippen MR) is 115 cm³/mol. The molecule has 0 bridgehead atoms. The Morgan fingerprint density at radius 3 is 1.96 bits per heavy atom. The Hall–Kier alpha value is -2.57. The Kier molecular flexibility index (Phi) is 4.89. The van der Waals surface area contributed by atoms with Crippen LogP contribution in [0.3, 0.4) is 0 Å². The quantitative estimate of drug-likeness (QED) is 0.673. The molecule has 0 unspecified atom stereocenters. The lowest BCUT2D eigenvalue weighted by atomic mass is 10.2. The van der Waals surface area contributed by atoms with E-state index in [1.807, 2.05) is 30.2 Å². The molecule has 1 saturated heterocycles. The van der Waals surface area contributed by atoms with Gasteiger partial charge in [-0.3, -0.25) is 4.90 Å². The van der Waals surface area contributed by atoms with Crippen molar-refractivity contribution in [2.45, 2.75) is 9.79 Å². The minimum Gasteiger partial charge on any atom is -0.338 e. The van der Waals surface area contributed by atoms with Crippen molar-refractivity contribution in [2.75, 3.05) is 49.1 Å². The monoisotopic (exact) mass is 389 g/mol. The molecular formula is C22H23N5S.